The SMILES string of the molecule is OC1CC2(CCSCC2)Oc2cc(F)ccc21. The van der Waals surface area contributed by atoms with E-state index in [9.17, 15) is 9.50 Å². The molecular weight excluding hydrogens is 239 g/mol. The Morgan fingerprint density at radius 3 is 2.88 bits per heavy atom. The fraction of sp³-hybridized carbons (Fsp3) is 0.538. The third-order valence-electron chi connectivity index (χ3n) is 3.63. The highest BCUT2D eigenvalue weighted by atomic mass is 32.2. The molecule has 1 aromatic rings. The summed E-state index contributed by atoms with van der Waals surface area (Å²) in [6.45, 7) is 0. The molecule has 92 valence electrons. The molecule has 0 radical (unpaired) electrons. The number of aliphatic hydroxyl groups excluding tert-OH is 1. The highest BCUT2D eigenvalue weighted by Gasteiger charge is 2.41. The van der Waals surface area contributed by atoms with Crippen LogP contribution in [0.4, 0.5) is 4.39 Å². The summed E-state index contributed by atoms with van der Waals surface area (Å²) in [5.74, 6) is 2.32. The molecule has 1 atom stereocenters. The van der Waals surface area contributed by atoms with Crippen LogP contribution >= 0.6 is 11.8 Å². The van der Waals surface area contributed by atoms with E-state index in [-0.39, 0.29) is 11.4 Å². The average molecular weight is 254 g/mol. The Morgan fingerprint density at radius 2 is 2.12 bits per heavy atom. The monoisotopic (exact) mass is 254 g/mol. The summed E-state index contributed by atoms with van der Waals surface area (Å²) in [4.78, 5) is 0. The van der Waals surface area contributed by atoms with Crippen LogP contribution in [0.5, 0.6) is 5.75 Å². The number of hydrogen-bond donors (Lipinski definition) is 1. The van der Waals surface area contributed by atoms with Crippen molar-refractivity contribution >= 4 is 11.8 Å². The lowest BCUT2D eigenvalue weighted by Crippen LogP contribution is -2.44. The van der Waals surface area contributed by atoms with Gasteiger partial charge in [-0.05, 0) is 36.5 Å². The van der Waals surface area contributed by atoms with Gasteiger partial charge in [0, 0.05) is 18.1 Å². The van der Waals surface area contributed by atoms with Gasteiger partial charge in [-0.3, -0.25) is 0 Å². The number of thioether (sulfide) groups is 1. The number of aliphatic hydroxyl groups is 1. The molecule has 0 aliphatic carbocycles. The highest BCUT2D eigenvalue weighted by molar-refractivity contribution is 7.99. The molecule has 2 aliphatic heterocycles. The van der Waals surface area contributed by atoms with Crippen molar-refractivity contribution in [3.8, 4) is 5.75 Å². The third-order valence-corrected chi connectivity index (χ3v) is 4.62. The van der Waals surface area contributed by atoms with Crippen molar-refractivity contribution in [2.75, 3.05) is 11.5 Å². The quantitative estimate of drug-likeness (QED) is 0.772. The fourth-order valence-electron chi connectivity index (χ4n) is 2.66. The standard InChI is InChI=1S/C13H15FO2S/c14-9-1-2-10-11(15)8-13(16-12(10)7-9)3-5-17-6-4-13/h1-2,7,11,15H,3-6,8H2. The zero-order valence-corrected chi connectivity index (χ0v) is 10.3. The third kappa shape index (κ3) is 2.04. The van der Waals surface area contributed by atoms with Gasteiger partial charge in [-0.25, -0.2) is 4.39 Å². The van der Waals surface area contributed by atoms with Crippen LogP contribution in [0.1, 0.15) is 30.9 Å². The van der Waals surface area contributed by atoms with Gasteiger partial charge in [0.15, 0.2) is 0 Å². The molecule has 4 heteroatoms. The van der Waals surface area contributed by atoms with E-state index in [1.54, 1.807) is 6.07 Å². The smallest absolute Gasteiger partial charge is 0.128 e. The first-order valence-corrected chi connectivity index (χ1v) is 7.08. The van der Waals surface area contributed by atoms with Gasteiger partial charge < -0.3 is 9.84 Å². The van der Waals surface area contributed by atoms with Crippen LogP contribution in [-0.4, -0.2) is 22.2 Å². The Morgan fingerprint density at radius 1 is 1.35 bits per heavy atom. The second kappa shape index (κ2) is 4.18. The number of hydrogen-bond acceptors (Lipinski definition) is 3. The van der Waals surface area contributed by atoms with Crippen molar-refractivity contribution in [3.63, 3.8) is 0 Å². The van der Waals surface area contributed by atoms with Crippen LogP contribution < -0.4 is 4.74 Å². The zero-order valence-electron chi connectivity index (χ0n) is 9.49. The summed E-state index contributed by atoms with van der Waals surface area (Å²) in [7, 11) is 0. The lowest BCUT2D eigenvalue weighted by molar-refractivity contribution is -0.0200. The molecule has 2 aliphatic rings. The molecule has 0 amide bonds. The van der Waals surface area contributed by atoms with E-state index in [0.717, 1.165) is 29.9 Å². The summed E-state index contributed by atoms with van der Waals surface area (Å²) in [6, 6.07) is 4.39. The van der Waals surface area contributed by atoms with Gasteiger partial charge >= 0.3 is 0 Å². The van der Waals surface area contributed by atoms with E-state index in [0.29, 0.717) is 12.2 Å². The van der Waals surface area contributed by atoms with Crippen LogP contribution in [0, 0.1) is 5.82 Å². The van der Waals surface area contributed by atoms with Crippen LogP contribution in [0.3, 0.4) is 0 Å². The molecular formula is C13H15FO2S. The summed E-state index contributed by atoms with van der Waals surface area (Å²) < 4.78 is 19.2. The molecule has 17 heavy (non-hydrogen) atoms. The minimum atomic E-state index is -0.526. The topological polar surface area (TPSA) is 29.5 Å². The zero-order chi connectivity index (χ0) is 11.9. The van der Waals surface area contributed by atoms with Crippen LogP contribution in [0.15, 0.2) is 18.2 Å². The molecule has 1 aromatic carbocycles. The first-order chi connectivity index (χ1) is 8.19. The van der Waals surface area contributed by atoms with Crippen molar-refractivity contribution in [3.05, 3.63) is 29.6 Å². The maximum Gasteiger partial charge on any atom is 0.128 e. The Labute approximate surface area is 104 Å². The number of halogens is 1. The average Bonchev–Trinajstić information content (AvgIpc) is 2.29. The van der Waals surface area contributed by atoms with Crippen molar-refractivity contribution in [1.29, 1.82) is 0 Å². The van der Waals surface area contributed by atoms with Gasteiger partial charge in [0.1, 0.15) is 17.2 Å². The number of rotatable bonds is 0. The Hall–Kier alpha value is -0.740. The van der Waals surface area contributed by atoms with Gasteiger partial charge in [-0.1, -0.05) is 0 Å². The van der Waals surface area contributed by atoms with E-state index in [4.69, 9.17) is 4.74 Å². The summed E-state index contributed by atoms with van der Waals surface area (Å²) >= 11 is 1.91. The lowest BCUT2D eigenvalue weighted by Gasteiger charge is -2.43. The number of fused-ring (bicyclic) bond motifs is 1. The summed E-state index contributed by atoms with van der Waals surface area (Å²) in [5.41, 5.74) is 0.445. The fourth-order valence-corrected chi connectivity index (χ4v) is 3.90. The second-order valence-electron chi connectivity index (χ2n) is 4.80. The van der Waals surface area contributed by atoms with Gasteiger partial charge in [0.05, 0.1) is 6.10 Å². The summed E-state index contributed by atoms with van der Waals surface area (Å²) in [6.07, 6.45) is 1.98. The van der Waals surface area contributed by atoms with Crippen molar-refractivity contribution < 1.29 is 14.2 Å². The van der Waals surface area contributed by atoms with E-state index >= 15 is 0 Å². The van der Waals surface area contributed by atoms with Crippen LogP contribution in [0.2, 0.25) is 0 Å². The van der Waals surface area contributed by atoms with Crippen molar-refractivity contribution in [2.45, 2.75) is 31.0 Å². The molecule has 0 aromatic heterocycles. The van der Waals surface area contributed by atoms with E-state index in [1.807, 2.05) is 11.8 Å². The number of benzene rings is 1. The largest absolute Gasteiger partial charge is 0.487 e. The molecule has 0 bridgehead atoms. The molecule has 0 saturated carbocycles. The van der Waals surface area contributed by atoms with Crippen molar-refractivity contribution in [1.82, 2.24) is 0 Å². The minimum absolute atomic E-state index is 0.272. The molecule has 3 rings (SSSR count). The van der Waals surface area contributed by atoms with Gasteiger partial charge in [0.2, 0.25) is 0 Å². The second-order valence-corrected chi connectivity index (χ2v) is 6.02. The van der Waals surface area contributed by atoms with Gasteiger partial charge in [0.25, 0.3) is 0 Å². The van der Waals surface area contributed by atoms with E-state index < -0.39 is 6.10 Å². The van der Waals surface area contributed by atoms with Crippen LogP contribution in [-0.2, 0) is 0 Å². The molecule has 1 fully saturated rings. The lowest BCUT2D eigenvalue weighted by atomic mass is 9.84. The molecule has 1 N–H and O–H groups in total. The molecule has 2 nitrogen and oxygen atoms in total. The van der Waals surface area contributed by atoms with E-state index in [1.165, 1.54) is 12.1 Å². The normalized spacial score (nSPS) is 26.4. The van der Waals surface area contributed by atoms with Crippen molar-refractivity contribution in [2.24, 2.45) is 0 Å². The Kier molecular flexibility index (Phi) is 2.79. The maximum absolute atomic E-state index is 13.2. The molecule has 2 heterocycles. The first-order valence-electron chi connectivity index (χ1n) is 5.93. The van der Waals surface area contributed by atoms with Gasteiger partial charge in [-0.2, -0.15) is 11.8 Å². The first kappa shape index (κ1) is 11.4. The predicted molar refractivity (Wildman–Crippen MR) is 65.9 cm³/mol. The highest BCUT2D eigenvalue weighted by Crippen LogP contribution is 2.45. The van der Waals surface area contributed by atoms with E-state index in [2.05, 4.69) is 0 Å². The molecule has 1 unspecified atom stereocenters. The maximum atomic E-state index is 13.2. The van der Waals surface area contributed by atoms with Crippen LogP contribution in [0.25, 0.3) is 0 Å². The minimum Gasteiger partial charge on any atom is -0.487 e. The Bertz CT molecular complexity index is 429. The van der Waals surface area contributed by atoms with Gasteiger partial charge in [-0.15, -0.1) is 0 Å². The molecule has 1 spiro atoms. The summed E-state index contributed by atoms with van der Waals surface area (Å²) in [5, 5.41) is 10.2. The predicted octanol–water partition coefficient (Wildman–Crippen LogP) is 2.91. The molecule has 1 saturated heterocycles. The Balaban J connectivity index is 1.95. The number of ether oxygens (including phenoxy) is 1.